The predicted molar refractivity (Wildman–Crippen MR) is 131 cm³/mol. The molecule has 1 N–H and O–H groups in total. The highest BCUT2D eigenvalue weighted by molar-refractivity contribution is 6.30. The van der Waals surface area contributed by atoms with Gasteiger partial charge in [-0.1, -0.05) is 37.0 Å². The minimum atomic E-state index is -0.0277. The van der Waals surface area contributed by atoms with Crippen molar-refractivity contribution < 1.29 is 9.59 Å². The molecular formula is C26H33Cl2N3O2. The summed E-state index contributed by atoms with van der Waals surface area (Å²) >= 11 is 12.9. The number of halogens is 2. The number of nitrogens with one attached hydrogen (secondary N) is 1. The second-order valence-electron chi connectivity index (χ2n) is 11.1. The van der Waals surface area contributed by atoms with Crippen molar-refractivity contribution in [2.45, 2.75) is 65.2 Å². The number of nitrogens with zero attached hydrogens (tertiary/aromatic N) is 2. The Morgan fingerprint density at radius 3 is 2.76 bits per heavy atom. The number of rotatable bonds is 3. The molecule has 7 heteroatoms. The third-order valence-corrected chi connectivity index (χ3v) is 10.2. The van der Waals surface area contributed by atoms with Crippen LogP contribution in [0, 0.1) is 34.5 Å². The summed E-state index contributed by atoms with van der Waals surface area (Å²) < 4.78 is 0. The molecule has 0 radical (unpaired) electrons. The molecule has 0 spiro atoms. The number of pyridine rings is 1. The molecule has 1 saturated heterocycles. The standard InChI is InChI=1S/C26H33Cl2N3O2/c1-25-9-6-19-17(14-20(27)24-26(19,2)10-7-23(33)31(24)3)18(25)5-4-15(25)12-22(32)30-16-8-11-29-21(28)13-16/h8,11,13,15,17-19H,4-7,9-10,12,14H2,1-3H3,(H,29,30,32)/t15-,17?,18+,19?,25-,26-/m1/s1. The lowest BCUT2D eigenvalue weighted by atomic mass is 9.49. The highest BCUT2D eigenvalue weighted by Gasteiger charge is 2.60. The van der Waals surface area contributed by atoms with Crippen LogP contribution >= 0.6 is 23.2 Å². The zero-order valence-corrected chi connectivity index (χ0v) is 21.2. The first-order valence-corrected chi connectivity index (χ1v) is 13.0. The Kier molecular flexibility index (Phi) is 5.80. The van der Waals surface area contributed by atoms with Crippen molar-refractivity contribution in [3.05, 3.63) is 34.2 Å². The molecule has 0 bridgehead atoms. The number of carbonyl (C=O) groups is 2. The number of anilines is 1. The quantitative estimate of drug-likeness (QED) is 0.511. The molecule has 5 rings (SSSR count). The van der Waals surface area contributed by atoms with E-state index < -0.39 is 0 Å². The first-order valence-electron chi connectivity index (χ1n) is 12.2. The molecular weight excluding hydrogens is 457 g/mol. The number of aromatic nitrogens is 1. The number of fused-ring (bicyclic) bond motifs is 5. The predicted octanol–water partition coefficient (Wildman–Crippen LogP) is 6.23. The molecule has 2 heterocycles. The fourth-order valence-electron chi connectivity index (χ4n) is 8.04. The Morgan fingerprint density at radius 1 is 1.21 bits per heavy atom. The zero-order chi connectivity index (χ0) is 23.5. The summed E-state index contributed by atoms with van der Waals surface area (Å²) in [5.41, 5.74) is 1.90. The minimum absolute atomic E-state index is 0.0277. The van der Waals surface area contributed by atoms with Crippen molar-refractivity contribution in [2.75, 3.05) is 12.4 Å². The Morgan fingerprint density at radius 2 is 2.00 bits per heavy atom. The maximum Gasteiger partial charge on any atom is 0.226 e. The minimum Gasteiger partial charge on any atom is -0.326 e. The number of piperidine rings is 1. The summed E-state index contributed by atoms with van der Waals surface area (Å²) in [5, 5.41) is 4.27. The van der Waals surface area contributed by atoms with Gasteiger partial charge in [0.2, 0.25) is 11.8 Å². The number of hydrogen-bond acceptors (Lipinski definition) is 3. The van der Waals surface area contributed by atoms with Crippen LogP contribution < -0.4 is 5.32 Å². The molecule has 1 aromatic heterocycles. The first-order chi connectivity index (χ1) is 15.6. The maximum atomic E-state index is 12.9. The Balaban J connectivity index is 1.35. The van der Waals surface area contributed by atoms with E-state index >= 15 is 0 Å². The van der Waals surface area contributed by atoms with E-state index in [0.29, 0.717) is 47.4 Å². The van der Waals surface area contributed by atoms with Crippen LogP contribution in [-0.4, -0.2) is 28.7 Å². The second-order valence-corrected chi connectivity index (χ2v) is 12.0. The van der Waals surface area contributed by atoms with Crippen LogP contribution in [0.1, 0.15) is 65.2 Å². The van der Waals surface area contributed by atoms with Crippen molar-refractivity contribution in [1.29, 1.82) is 0 Å². The van der Waals surface area contributed by atoms with Crippen LogP contribution in [-0.2, 0) is 9.59 Å². The number of likely N-dealkylation sites (tertiary alicyclic amines) is 1. The van der Waals surface area contributed by atoms with E-state index in [1.165, 1.54) is 0 Å². The molecule has 4 aliphatic rings. The largest absolute Gasteiger partial charge is 0.326 e. The van der Waals surface area contributed by atoms with Crippen molar-refractivity contribution >= 4 is 40.7 Å². The van der Waals surface area contributed by atoms with Crippen molar-refractivity contribution in [1.82, 2.24) is 9.88 Å². The molecule has 2 amide bonds. The van der Waals surface area contributed by atoms with E-state index in [1.807, 2.05) is 11.9 Å². The third kappa shape index (κ3) is 3.70. The molecule has 3 fully saturated rings. The molecule has 1 aliphatic heterocycles. The summed E-state index contributed by atoms with van der Waals surface area (Å²) in [5.74, 6) is 2.25. The lowest BCUT2D eigenvalue weighted by Gasteiger charge is -2.59. The zero-order valence-electron chi connectivity index (χ0n) is 19.7. The number of hydrogen-bond donors (Lipinski definition) is 1. The topological polar surface area (TPSA) is 62.3 Å². The Labute approximate surface area is 206 Å². The van der Waals surface area contributed by atoms with Crippen molar-refractivity contribution in [3.8, 4) is 0 Å². The van der Waals surface area contributed by atoms with E-state index in [1.54, 1.807) is 18.3 Å². The smallest absolute Gasteiger partial charge is 0.226 e. The molecule has 3 aliphatic carbocycles. The molecule has 6 atom stereocenters. The number of allylic oxidation sites excluding steroid dienone is 2. The van der Waals surface area contributed by atoms with Gasteiger partial charge in [0.1, 0.15) is 5.15 Å². The number of carbonyl (C=O) groups excluding carboxylic acids is 2. The maximum absolute atomic E-state index is 12.9. The van der Waals surface area contributed by atoms with Gasteiger partial charge >= 0.3 is 0 Å². The molecule has 2 saturated carbocycles. The average molecular weight is 490 g/mol. The normalized spacial score (nSPS) is 38.0. The SMILES string of the molecule is CN1C(=O)CC[C@@]2(C)C1=C(Cl)CC1C2CC[C@]2(C)[C@@H](CC(=O)Nc3ccnc(Cl)c3)CC[C@@H]12. The van der Waals surface area contributed by atoms with E-state index in [-0.39, 0.29) is 22.6 Å². The lowest BCUT2D eigenvalue weighted by Crippen LogP contribution is -2.54. The molecule has 0 aromatic carbocycles. The van der Waals surface area contributed by atoms with Gasteiger partial charge in [-0.3, -0.25) is 9.59 Å². The molecule has 178 valence electrons. The highest BCUT2D eigenvalue weighted by Crippen LogP contribution is 2.67. The van der Waals surface area contributed by atoms with Crippen LogP contribution in [0.5, 0.6) is 0 Å². The summed E-state index contributed by atoms with van der Waals surface area (Å²) in [6.45, 7) is 4.75. The monoisotopic (exact) mass is 489 g/mol. The fraction of sp³-hybridized carbons (Fsp3) is 0.654. The summed E-state index contributed by atoms with van der Waals surface area (Å²) in [4.78, 5) is 31.1. The van der Waals surface area contributed by atoms with Gasteiger partial charge in [0.25, 0.3) is 0 Å². The van der Waals surface area contributed by atoms with Gasteiger partial charge in [0.05, 0.1) is 0 Å². The van der Waals surface area contributed by atoms with Crippen LogP contribution in [0.25, 0.3) is 0 Å². The molecule has 5 nitrogen and oxygen atoms in total. The molecule has 1 aromatic rings. The number of amides is 2. The van der Waals surface area contributed by atoms with Crippen LogP contribution in [0.4, 0.5) is 5.69 Å². The van der Waals surface area contributed by atoms with Gasteiger partial charge in [-0.2, -0.15) is 0 Å². The fourth-order valence-corrected chi connectivity index (χ4v) is 8.74. The summed E-state index contributed by atoms with van der Waals surface area (Å²) in [7, 11) is 1.89. The second kappa shape index (κ2) is 8.27. The highest BCUT2D eigenvalue weighted by atomic mass is 35.5. The van der Waals surface area contributed by atoms with Crippen LogP contribution in [0.3, 0.4) is 0 Å². The Hall–Kier alpha value is -1.59. The van der Waals surface area contributed by atoms with Crippen LogP contribution in [0.2, 0.25) is 5.15 Å². The van der Waals surface area contributed by atoms with Gasteiger partial charge in [-0.15, -0.1) is 0 Å². The van der Waals surface area contributed by atoms with Crippen LogP contribution in [0.15, 0.2) is 29.1 Å². The van der Waals surface area contributed by atoms with Crippen molar-refractivity contribution in [2.24, 2.45) is 34.5 Å². The Bertz CT molecular complexity index is 1030. The van der Waals surface area contributed by atoms with Gasteiger partial charge < -0.3 is 10.2 Å². The van der Waals surface area contributed by atoms with E-state index in [0.717, 1.165) is 49.3 Å². The first kappa shape index (κ1) is 23.2. The van der Waals surface area contributed by atoms with Gasteiger partial charge in [-0.25, -0.2) is 4.98 Å². The van der Waals surface area contributed by atoms with E-state index in [2.05, 4.69) is 24.1 Å². The molecule has 33 heavy (non-hydrogen) atoms. The average Bonchev–Trinajstić information content (AvgIpc) is 3.07. The van der Waals surface area contributed by atoms with E-state index in [9.17, 15) is 9.59 Å². The van der Waals surface area contributed by atoms with Gasteiger partial charge in [-0.05, 0) is 79.7 Å². The lowest BCUT2D eigenvalue weighted by molar-refractivity contribution is -0.136. The summed E-state index contributed by atoms with van der Waals surface area (Å²) in [6, 6.07) is 3.46. The van der Waals surface area contributed by atoms with E-state index in [4.69, 9.17) is 23.2 Å². The van der Waals surface area contributed by atoms with Gasteiger partial charge in [0, 0.05) is 47.9 Å². The van der Waals surface area contributed by atoms with Crippen molar-refractivity contribution in [3.63, 3.8) is 0 Å². The molecule has 2 unspecified atom stereocenters. The van der Waals surface area contributed by atoms with Gasteiger partial charge in [0.15, 0.2) is 0 Å². The summed E-state index contributed by atoms with van der Waals surface area (Å²) in [6.07, 6.45) is 9.02. The third-order valence-electron chi connectivity index (χ3n) is 9.67.